The number of aliphatic hydroxyl groups is 1. The topological polar surface area (TPSA) is 153 Å². The van der Waals surface area contributed by atoms with Gasteiger partial charge in [0.15, 0.2) is 15.9 Å². The summed E-state index contributed by atoms with van der Waals surface area (Å²) < 4.78 is 24.8. The summed E-state index contributed by atoms with van der Waals surface area (Å²) in [5.41, 5.74) is 0.524. The van der Waals surface area contributed by atoms with Gasteiger partial charge in [-0.3, -0.25) is 14.4 Å². The lowest BCUT2D eigenvalue weighted by Crippen LogP contribution is -2.57. The molecule has 4 N–H and O–H groups in total. The Morgan fingerprint density at radius 1 is 1.08 bits per heavy atom. The van der Waals surface area contributed by atoms with E-state index in [0.29, 0.717) is 11.1 Å². The molecule has 3 atom stereocenters. The predicted molar refractivity (Wildman–Crippen MR) is 137 cm³/mol. The van der Waals surface area contributed by atoms with E-state index in [4.69, 9.17) is 0 Å². The molecule has 0 radical (unpaired) electrons. The summed E-state index contributed by atoms with van der Waals surface area (Å²) in [5, 5.41) is 26.5. The fourth-order valence-electron chi connectivity index (χ4n) is 4.14. The van der Waals surface area contributed by atoms with Crippen LogP contribution in [0.1, 0.15) is 42.3 Å². The van der Waals surface area contributed by atoms with Crippen LogP contribution >= 0.6 is 0 Å². The minimum Gasteiger partial charge on any atom is -0.508 e. The lowest BCUT2D eigenvalue weighted by Gasteiger charge is -2.31. The molecule has 1 aliphatic rings. The van der Waals surface area contributed by atoms with Gasteiger partial charge in [-0.1, -0.05) is 36.4 Å². The van der Waals surface area contributed by atoms with E-state index in [1.165, 1.54) is 18.2 Å². The molecule has 1 aliphatic heterocycles. The van der Waals surface area contributed by atoms with Gasteiger partial charge < -0.3 is 25.7 Å². The number of aliphatic hydroxyl groups excluding tert-OH is 1. The monoisotopic (exact) mass is 531 g/mol. The SMILES string of the molecule is Cc1c(O)cccc1C(=O)NC(Cc1ccccc1)C(O)C(=O)N1CS(=O)(=O)C[C@H]1C(=O)NC(C)(C)C. The number of nitrogens with one attached hydrogen (secondary N) is 2. The van der Waals surface area contributed by atoms with Gasteiger partial charge in [-0.15, -0.1) is 0 Å². The molecular formula is C26H33N3O7S. The van der Waals surface area contributed by atoms with Crippen molar-refractivity contribution in [1.82, 2.24) is 15.5 Å². The van der Waals surface area contributed by atoms with E-state index in [0.717, 1.165) is 4.90 Å². The average molecular weight is 532 g/mol. The minimum atomic E-state index is -3.77. The summed E-state index contributed by atoms with van der Waals surface area (Å²) in [6.07, 6.45) is -1.79. The quantitative estimate of drug-likeness (QED) is 0.414. The molecule has 11 heteroatoms. The fourth-order valence-corrected chi connectivity index (χ4v) is 5.79. The summed E-state index contributed by atoms with van der Waals surface area (Å²) in [6, 6.07) is 10.8. The number of hydrogen-bond acceptors (Lipinski definition) is 7. The van der Waals surface area contributed by atoms with Crippen LogP contribution in [-0.4, -0.2) is 76.6 Å². The number of amides is 3. The molecule has 1 fully saturated rings. The summed E-state index contributed by atoms with van der Waals surface area (Å²) >= 11 is 0. The van der Waals surface area contributed by atoms with Crippen molar-refractivity contribution in [3.63, 3.8) is 0 Å². The zero-order valence-electron chi connectivity index (χ0n) is 21.3. The number of sulfone groups is 1. The second-order valence-electron chi connectivity index (χ2n) is 10.3. The third-order valence-electron chi connectivity index (χ3n) is 6.01. The van der Waals surface area contributed by atoms with Crippen molar-refractivity contribution in [3.8, 4) is 5.75 Å². The van der Waals surface area contributed by atoms with Gasteiger partial charge in [0.25, 0.3) is 11.8 Å². The van der Waals surface area contributed by atoms with Crippen molar-refractivity contribution in [1.29, 1.82) is 0 Å². The number of phenolic OH excluding ortho intramolecular Hbond substituents is 1. The molecule has 37 heavy (non-hydrogen) atoms. The lowest BCUT2D eigenvalue weighted by molar-refractivity contribution is -0.146. The Hall–Kier alpha value is -3.44. The van der Waals surface area contributed by atoms with Crippen molar-refractivity contribution in [2.45, 2.75) is 57.8 Å². The molecule has 10 nitrogen and oxygen atoms in total. The zero-order valence-corrected chi connectivity index (χ0v) is 22.1. The minimum absolute atomic E-state index is 0.0524. The summed E-state index contributed by atoms with van der Waals surface area (Å²) in [5.74, 6) is -3.62. The largest absolute Gasteiger partial charge is 0.508 e. The first-order chi connectivity index (χ1) is 17.2. The number of carbonyl (C=O) groups excluding carboxylic acids is 3. The van der Waals surface area contributed by atoms with Gasteiger partial charge in [-0.25, -0.2) is 8.42 Å². The number of phenols is 1. The molecule has 2 unspecified atom stereocenters. The van der Waals surface area contributed by atoms with Crippen molar-refractivity contribution in [3.05, 3.63) is 65.2 Å². The first-order valence-electron chi connectivity index (χ1n) is 11.8. The van der Waals surface area contributed by atoms with Gasteiger partial charge in [0.2, 0.25) is 5.91 Å². The lowest BCUT2D eigenvalue weighted by atomic mass is 9.98. The first kappa shape index (κ1) is 28.1. The maximum absolute atomic E-state index is 13.4. The Kier molecular flexibility index (Phi) is 8.28. The molecule has 1 heterocycles. The molecular weight excluding hydrogens is 498 g/mol. The van der Waals surface area contributed by atoms with Gasteiger partial charge >= 0.3 is 0 Å². The standard InChI is InChI=1S/C26H33N3O7S/c1-16-18(11-8-12-21(16)30)23(32)27-19(13-17-9-6-5-7-10-17)22(31)25(34)29-15-37(35,36)14-20(29)24(33)28-26(2,3)4/h5-12,19-20,22,30-31H,13-15H2,1-4H3,(H,27,32)(H,28,33)/t19?,20-,22?/m0/s1. The van der Waals surface area contributed by atoms with E-state index in [1.807, 2.05) is 0 Å². The van der Waals surface area contributed by atoms with Crippen molar-refractivity contribution in [2.24, 2.45) is 0 Å². The van der Waals surface area contributed by atoms with Crippen LogP contribution in [0.3, 0.4) is 0 Å². The molecule has 1 saturated heterocycles. The van der Waals surface area contributed by atoms with Crippen LogP contribution in [0.25, 0.3) is 0 Å². The molecule has 3 rings (SSSR count). The maximum Gasteiger partial charge on any atom is 0.255 e. The molecule has 2 aromatic carbocycles. The number of benzene rings is 2. The molecule has 0 aliphatic carbocycles. The van der Waals surface area contributed by atoms with E-state index < -0.39 is 62.9 Å². The Bertz CT molecular complexity index is 1270. The molecule has 3 amide bonds. The molecule has 0 saturated carbocycles. The average Bonchev–Trinajstić information content (AvgIpc) is 3.14. The van der Waals surface area contributed by atoms with Gasteiger partial charge in [-0.05, 0) is 51.8 Å². The Balaban J connectivity index is 1.90. The number of nitrogens with zero attached hydrogens (tertiary/aromatic N) is 1. The van der Waals surface area contributed by atoms with E-state index in [2.05, 4.69) is 10.6 Å². The zero-order chi connectivity index (χ0) is 27.5. The Morgan fingerprint density at radius 3 is 2.35 bits per heavy atom. The van der Waals surface area contributed by atoms with Gasteiger partial charge in [-0.2, -0.15) is 0 Å². The van der Waals surface area contributed by atoms with Crippen LogP contribution in [0.5, 0.6) is 5.75 Å². The normalized spacial score (nSPS) is 18.6. The number of hydrogen-bond donors (Lipinski definition) is 4. The second kappa shape index (κ2) is 10.9. The molecule has 0 aromatic heterocycles. The van der Waals surface area contributed by atoms with Gasteiger partial charge in [0, 0.05) is 16.7 Å². The van der Waals surface area contributed by atoms with E-state index in [9.17, 15) is 33.0 Å². The van der Waals surface area contributed by atoms with Crippen molar-refractivity contribution < 1.29 is 33.0 Å². The van der Waals surface area contributed by atoms with Gasteiger partial charge in [0.1, 0.15) is 17.7 Å². The highest BCUT2D eigenvalue weighted by atomic mass is 32.2. The predicted octanol–water partition coefficient (Wildman–Crippen LogP) is 0.900. The Morgan fingerprint density at radius 2 is 1.73 bits per heavy atom. The maximum atomic E-state index is 13.4. The van der Waals surface area contributed by atoms with Crippen LogP contribution in [-0.2, 0) is 25.8 Å². The van der Waals surface area contributed by atoms with Gasteiger partial charge in [0.05, 0.1) is 11.8 Å². The summed E-state index contributed by atoms with van der Waals surface area (Å²) in [7, 11) is -3.77. The highest BCUT2D eigenvalue weighted by Crippen LogP contribution is 2.22. The third kappa shape index (κ3) is 7.07. The summed E-state index contributed by atoms with van der Waals surface area (Å²) in [6.45, 7) is 6.74. The smallest absolute Gasteiger partial charge is 0.255 e. The molecule has 2 aromatic rings. The fraction of sp³-hybridized carbons (Fsp3) is 0.423. The number of rotatable bonds is 7. The second-order valence-corrected chi connectivity index (χ2v) is 12.3. The number of carbonyl (C=O) groups is 3. The number of aromatic hydroxyl groups is 1. The van der Waals surface area contributed by atoms with E-state index in [-0.39, 0.29) is 17.7 Å². The first-order valence-corrected chi connectivity index (χ1v) is 13.6. The van der Waals surface area contributed by atoms with Crippen LogP contribution in [0.15, 0.2) is 48.5 Å². The van der Waals surface area contributed by atoms with Crippen molar-refractivity contribution in [2.75, 3.05) is 11.6 Å². The molecule has 0 spiro atoms. The highest BCUT2D eigenvalue weighted by molar-refractivity contribution is 7.91. The third-order valence-corrected chi connectivity index (χ3v) is 7.50. The Labute approximate surface area is 216 Å². The van der Waals surface area contributed by atoms with Crippen LogP contribution in [0.4, 0.5) is 0 Å². The van der Waals surface area contributed by atoms with E-state index in [1.54, 1.807) is 58.0 Å². The van der Waals surface area contributed by atoms with Crippen molar-refractivity contribution >= 4 is 27.6 Å². The van der Waals surface area contributed by atoms with Crippen LogP contribution in [0, 0.1) is 6.92 Å². The molecule has 200 valence electrons. The summed E-state index contributed by atoms with van der Waals surface area (Å²) in [4.78, 5) is 40.2. The van der Waals surface area contributed by atoms with E-state index >= 15 is 0 Å². The highest BCUT2D eigenvalue weighted by Gasteiger charge is 2.46. The van der Waals surface area contributed by atoms with Crippen LogP contribution < -0.4 is 10.6 Å². The molecule has 0 bridgehead atoms. The van der Waals surface area contributed by atoms with Crippen LogP contribution in [0.2, 0.25) is 0 Å².